The van der Waals surface area contributed by atoms with Crippen LogP contribution in [0.15, 0.2) is 4.79 Å². The van der Waals surface area contributed by atoms with Gasteiger partial charge in [-0.05, 0) is 56.4 Å². The molecule has 0 unspecified atom stereocenters. The fraction of sp³-hybridized carbons (Fsp3) is 0.737. The predicted molar refractivity (Wildman–Crippen MR) is 97.6 cm³/mol. The minimum Gasteiger partial charge on any atom is -0.388 e. The molecule has 0 radical (unpaired) electrons. The Kier molecular flexibility index (Phi) is 5.42. The molecule has 2 N–H and O–H groups in total. The van der Waals surface area contributed by atoms with Crippen molar-refractivity contribution in [3.8, 4) is 0 Å². The van der Waals surface area contributed by atoms with E-state index in [1.807, 2.05) is 0 Å². The largest absolute Gasteiger partial charge is 0.388 e. The van der Waals surface area contributed by atoms with Gasteiger partial charge in [0.05, 0.1) is 11.3 Å². The van der Waals surface area contributed by atoms with Crippen molar-refractivity contribution in [1.29, 1.82) is 0 Å². The number of amides is 1. The summed E-state index contributed by atoms with van der Waals surface area (Å²) < 4.78 is 1.18. The molecule has 0 atom stereocenters. The van der Waals surface area contributed by atoms with Gasteiger partial charge in [0.25, 0.3) is 11.5 Å². The summed E-state index contributed by atoms with van der Waals surface area (Å²) in [5.41, 5.74) is 0.285. The van der Waals surface area contributed by atoms with Gasteiger partial charge in [-0.3, -0.25) is 9.59 Å². The topological polar surface area (TPSA) is 84.2 Å². The van der Waals surface area contributed by atoms with Crippen molar-refractivity contribution in [3.63, 3.8) is 0 Å². The molecule has 1 saturated carbocycles. The number of nitrogens with one attached hydrogen (secondary N) is 1. The van der Waals surface area contributed by atoms with Crippen LogP contribution in [-0.4, -0.2) is 32.9 Å². The molecule has 1 aliphatic carbocycles. The van der Waals surface area contributed by atoms with E-state index in [9.17, 15) is 14.7 Å². The number of nitrogens with zero attached hydrogens (tertiary/aromatic N) is 2. The van der Waals surface area contributed by atoms with Crippen molar-refractivity contribution in [2.24, 2.45) is 18.4 Å². The normalized spacial score (nSPS) is 24.2. The van der Waals surface area contributed by atoms with Gasteiger partial charge in [0.2, 0.25) is 0 Å². The van der Waals surface area contributed by atoms with Crippen molar-refractivity contribution >= 4 is 5.91 Å². The van der Waals surface area contributed by atoms with Gasteiger partial charge in [0, 0.05) is 13.6 Å². The lowest BCUT2D eigenvalue weighted by atomic mass is 9.68. The molecule has 1 heterocycles. The summed E-state index contributed by atoms with van der Waals surface area (Å²) in [4.78, 5) is 24.8. The lowest BCUT2D eigenvalue weighted by Crippen LogP contribution is -2.47. The monoisotopic (exact) mass is 349 g/mol. The first-order chi connectivity index (χ1) is 11.4. The summed E-state index contributed by atoms with van der Waals surface area (Å²) in [5, 5.41) is 17.6. The Bertz CT molecular complexity index is 708. The molecule has 0 aliphatic heterocycles. The molecule has 0 spiro atoms. The molecule has 1 aromatic rings. The quantitative estimate of drug-likeness (QED) is 0.875. The molecule has 25 heavy (non-hydrogen) atoms. The highest BCUT2D eigenvalue weighted by atomic mass is 16.3. The number of hydrogen-bond acceptors (Lipinski definition) is 4. The molecular formula is C19H31N3O3. The Hall–Kier alpha value is -1.69. The number of aromatic nitrogens is 2. The van der Waals surface area contributed by atoms with Gasteiger partial charge in [-0.15, -0.1) is 0 Å². The zero-order valence-electron chi connectivity index (χ0n) is 16.3. The van der Waals surface area contributed by atoms with Crippen LogP contribution in [-0.2, 0) is 7.05 Å². The van der Waals surface area contributed by atoms with E-state index in [-0.39, 0.29) is 17.5 Å². The zero-order valence-corrected chi connectivity index (χ0v) is 16.3. The summed E-state index contributed by atoms with van der Waals surface area (Å²) in [6.45, 7) is 10.4. The number of rotatable bonds is 3. The van der Waals surface area contributed by atoms with E-state index >= 15 is 0 Å². The van der Waals surface area contributed by atoms with Crippen LogP contribution in [0.5, 0.6) is 0 Å². The summed E-state index contributed by atoms with van der Waals surface area (Å²) in [6.07, 6.45) is 3.24. The molecule has 0 saturated heterocycles. The third kappa shape index (κ3) is 4.29. The highest BCUT2D eigenvalue weighted by Gasteiger charge is 2.37. The second kappa shape index (κ2) is 6.90. The van der Waals surface area contributed by atoms with E-state index in [0.29, 0.717) is 30.0 Å². The van der Waals surface area contributed by atoms with Gasteiger partial charge in [-0.2, -0.15) is 5.10 Å². The smallest absolute Gasteiger partial charge is 0.279 e. The number of carbonyl (C=O) groups excluding carboxylic acids is 1. The minimum atomic E-state index is -0.890. The maximum atomic E-state index is 12.5. The van der Waals surface area contributed by atoms with Crippen LogP contribution in [0.3, 0.4) is 0 Å². The first-order valence-corrected chi connectivity index (χ1v) is 9.00. The van der Waals surface area contributed by atoms with Gasteiger partial charge < -0.3 is 10.4 Å². The average Bonchev–Trinajstić information content (AvgIpc) is 2.51. The second-order valence-electron chi connectivity index (χ2n) is 8.56. The van der Waals surface area contributed by atoms with Crippen molar-refractivity contribution in [3.05, 3.63) is 27.2 Å². The Morgan fingerprint density at radius 2 is 1.88 bits per heavy atom. The molecule has 6 nitrogen and oxygen atoms in total. The molecule has 0 bridgehead atoms. The highest BCUT2D eigenvalue weighted by Crippen LogP contribution is 2.41. The lowest BCUT2D eigenvalue weighted by molar-refractivity contribution is -0.0228. The van der Waals surface area contributed by atoms with Crippen LogP contribution in [0.1, 0.15) is 68.1 Å². The van der Waals surface area contributed by atoms with Crippen LogP contribution < -0.4 is 10.9 Å². The first kappa shape index (κ1) is 19.6. The van der Waals surface area contributed by atoms with Crippen LogP contribution in [0.25, 0.3) is 0 Å². The summed E-state index contributed by atoms with van der Waals surface area (Å²) >= 11 is 0. The van der Waals surface area contributed by atoms with Crippen LogP contribution in [0.4, 0.5) is 0 Å². The van der Waals surface area contributed by atoms with Gasteiger partial charge in [-0.1, -0.05) is 20.8 Å². The van der Waals surface area contributed by atoms with E-state index in [2.05, 4.69) is 31.2 Å². The van der Waals surface area contributed by atoms with Crippen molar-refractivity contribution in [2.45, 2.75) is 65.9 Å². The third-order valence-corrected chi connectivity index (χ3v) is 5.67. The molecule has 1 aliphatic rings. The van der Waals surface area contributed by atoms with E-state index in [4.69, 9.17) is 0 Å². The average molecular weight is 349 g/mol. The lowest BCUT2D eigenvalue weighted by Gasteiger charge is -2.41. The highest BCUT2D eigenvalue weighted by molar-refractivity contribution is 5.95. The van der Waals surface area contributed by atoms with E-state index in [1.165, 1.54) is 11.7 Å². The van der Waals surface area contributed by atoms with Crippen LogP contribution >= 0.6 is 0 Å². The van der Waals surface area contributed by atoms with Gasteiger partial charge in [0.1, 0.15) is 5.56 Å². The summed E-state index contributed by atoms with van der Waals surface area (Å²) in [7, 11) is 1.53. The van der Waals surface area contributed by atoms with Gasteiger partial charge in [0.15, 0.2) is 0 Å². The second-order valence-corrected chi connectivity index (χ2v) is 8.56. The SMILES string of the molecule is Cc1nn(C)c(=O)c(C(=O)NCC2(O)CCC(C(C)(C)C)CC2)c1C. The Balaban J connectivity index is 2.05. The fourth-order valence-corrected chi connectivity index (χ4v) is 3.65. The molecule has 2 rings (SSSR count). The Morgan fingerprint density at radius 3 is 2.40 bits per heavy atom. The molecule has 1 fully saturated rings. The molecule has 1 aromatic heterocycles. The predicted octanol–water partition coefficient (Wildman–Crippen LogP) is 2.09. The molecular weight excluding hydrogens is 318 g/mol. The van der Waals surface area contributed by atoms with Crippen molar-refractivity contribution in [2.75, 3.05) is 6.54 Å². The number of aliphatic hydroxyl groups is 1. The number of aryl methyl sites for hydroxylation is 2. The molecule has 1 amide bonds. The van der Waals surface area contributed by atoms with Crippen LogP contribution in [0, 0.1) is 25.2 Å². The first-order valence-electron chi connectivity index (χ1n) is 9.00. The van der Waals surface area contributed by atoms with Crippen molar-refractivity contribution < 1.29 is 9.90 Å². The maximum Gasteiger partial charge on any atom is 0.279 e. The van der Waals surface area contributed by atoms with Gasteiger partial charge in [-0.25, -0.2) is 4.68 Å². The van der Waals surface area contributed by atoms with Crippen molar-refractivity contribution in [1.82, 2.24) is 15.1 Å². The zero-order chi connectivity index (χ0) is 19.0. The number of hydrogen-bond donors (Lipinski definition) is 2. The molecule has 140 valence electrons. The Labute approximate surface area is 149 Å². The summed E-state index contributed by atoms with van der Waals surface area (Å²) in [5.74, 6) is 0.149. The fourth-order valence-electron chi connectivity index (χ4n) is 3.65. The molecule has 6 heteroatoms. The van der Waals surface area contributed by atoms with Gasteiger partial charge >= 0.3 is 0 Å². The third-order valence-electron chi connectivity index (χ3n) is 5.67. The standard InChI is InChI=1S/C19H31N3O3/c1-12-13(2)21-22(6)17(24)15(12)16(23)20-11-19(25)9-7-14(8-10-19)18(3,4)5/h14,25H,7-11H2,1-6H3,(H,20,23). The summed E-state index contributed by atoms with van der Waals surface area (Å²) in [6, 6.07) is 0. The van der Waals surface area contributed by atoms with Crippen LogP contribution in [0.2, 0.25) is 0 Å². The maximum absolute atomic E-state index is 12.5. The molecule has 0 aromatic carbocycles. The minimum absolute atomic E-state index is 0.113. The van der Waals surface area contributed by atoms with E-state index in [0.717, 1.165) is 12.8 Å². The van der Waals surface area contributed by atoms with E-state index < -0.39 is 17.1 Å². The number of carbonyl (C=O) groups is 1. The Morgan fingerprint density at radius 1 is 1.32 bits per heavy atom. The van der Waals surface area contributed by atoms with E-state index in [1.54, 1.807) is 13.8 Å².